The molecule has 0 fully saturated rings. The molecule has 0 heterocycles. The third-order valence-electron chi connectivity index (χ3n) is 0.394. The first-order valence-corrected chi connectivity index (χ1v) is 2.94. The van der Waals surface area contributed by atoms with E-state index >= 15 is 0 Å². The molecule has 5 nitrogen and oxygen atoms in total. The number of hydrogen-bond acceptors (Lipinski definition) is 3. The maximum absolute atomic E-state index is 10.0. The molecule has 7 heavy (non-hydrogen) atoms. The van der Waals surface area contributed by atoms with Gasteiger partial charge in [-0.3, -0.25) is 9.42 Å². The lowest BCUT2D eigenvalue weighted by Crippen LogP contribution is -2.47. The first-order valence-electron chi connectivity index (χ1n) is 1.44. The standard InChI is InChI=1S/CH6NO4P/c1-5-7(3,4)6-2/h1-2H3/p+1. The van der Waals surface area contributed by atoms with Crippen LogP contribution in [0.5, 0.6) is 0 Å². The molecule has 0 aliphatic carbocycles. The van der Waals surface area contributed by atoms with Gasteiger partial charge in [0.25, 0.3) is 0 Å². The Labute approximate surface area is 40.6 Å². The quantitative estimate of drug-likeness (QED) is 0.365. The van der Waals surface area contributed by atoms with Crippen molar-refractivity contribution in [3.8, 4) is 0 Å². The highest BCUT2D eigenvalue weighted by molar-refractivity contribution is 7.47. The highest BCUT2D eigenvalue weighted by atomic mass is 31.2. The molecule has 0 rings (SSSR count). The summed E-state index contributed by atoms with van der Waals surface area (Å²) in [6, 6.07) is 0. The Hall–Kier alpha value is 0.0700. The highest BCUT2D eigenvalue weighted by Gasteiger charge is 2.18. The van der Waals surface area contributed by atoms with Crippen LogP contribution < -0.4 is 5.90 Å². The lowest BCUT2D eigenvalue weighted by Gasteiger charge is -1.97. The second-order valence-electron chi connectivity index (χ2n) is 0.780. The molecule has 0 aromatic heterocycles. The molecule has 0 aromatic carbocycles. The van der Waals surface area contributed by atoms with E-state index in [1.54, 1.807) is 0 Å². The van der Waals surface area contributed by atoms with Crippen molar-refractivity contribution in [2.24, 2.45) is 0 Å². The van der Waals surface area contributed by atoms with E-state index < -0.39 is 7.82 Å². The minimum absolute atomic E-state index is 1.06. The van der Waals surface area contributed by atoms with Gasteiger partial charge in [0.1, 0.15) is 0 Å². The Morgan fingerprint density at radius 2 is 2.29 bits per heavy atom. The van der Waals surface area contributed by atoms with E-state index in [1.807, 2.05) is 0 Å². The van der Waals surface area contributed by atoms with E-state index in [1.165, 1.54) is 0 Å². The van der Waals surface area contributed by atoms with Crippen molar-refractivity contribution in [2.75, 3.05) is 7.11 Å². The van der Waals surface area contributed by atoms with Crippen molar-refractivity contribution >= 4 is 7.82 Å². The van der Waals surface area contributed by atoms with E-state index in [0.717, 1.165) is 7.11 Å². The summed E-state index contributed by atoms with van der Waals surface area (Å²) in [6.45, 7) is 0. The summed E-state index contributed by atoms with van der Waals surface area (Å²) in [5.41, 5.74) is 0. The van der Waals surface area contributed by atoms with Crippen LogP contribution >= 0.6 is 7.82 Å². The molecule has 0 radical (unpaired) electrons. The Bertz CT molecular complexity index is 83.7. The summed E-state index contributed by atoms with van der Waals surface area (Å²) < 4.78 is 17.6. The number of quaternary nitrogens is 1. The molecule has 0 aromatic rings. The van der Waals surface area contributed by atoms with Gasteiger partial charge in [-0.25, -0.2) is 10.5 Å². The molecule has 0 saturated heterocycles. The summed E-state index contributed by atoms with van der Waals surface area (Å²) in [5, 5.41) is 0. The SMILES string of the molecule is COP(=O)(O)O[NH3+]. The maximum atomic E-state index is 10.0. The minimum Gasteiger partial charge on any atom is -0.300 e. The van der Waals surface area contributed by atoms with Gasteiger partial charge < -0.3 is 0 Å². The van der Waals surface area contributed by atoms with Crippen LogP contribution in [0.1, 0.15) is 0 Å². The normalized spacial score (nSPS) is 18.7. The average molecular weight is 128 g/mol. The van der Waals surface area contributed by atoms with Crippen molar-refractivity contribution in [2.45, 2.75) is 0 Å². The van der Waals surface area contributed by atoms with Gasteiger partial charge in [-0.05, 0) is 0 Å². The van der Waals surface area contributed by atoms with Crippen LogP contribution in [0.3, 0.4) is 0 Å². The van der Waals surface area contributed by atoms with E-state index in [0.29, 0.717) is 0 Å². The summed E-state index contributed by atoms with van der Waals surface area (Å²) in [5.74, 6) is 2.69. The Kier molecular flexibility index (Phi) is 2.42. The van der Waals surface area contributed by atoms with Crippen molar-refractivity contribution in [3.05, 3.63) is 0 Å². The summed E-state index contributed by atoms with van der Waals surface area (Å²) >= 11 is 0. The second kappa shape index (κ2) is 2.40. The lowest BCUT2D eigenvalue weighted by molar-refractivity contribution is -0.643. The largest absolute Gasteiger partial charge is 0.517 e. The zero-order valence-corrected chi connectivity index (χ0v) is 4.72. The van der Waals surface area contributed by atoms with Crippen LogP contribution in [0.2, 0.25) is 0 Å². The molecule has 0 aliphatic heterocycles. The van der Waals surface area contributed by atoms with Crippen molar-refractivity contribution in [1.82, 2.24) is 0 Å². The fourth-order valence-electron chi connectivity index (χ4n) is 0.0527. The molecule has 0 saturated carbocycles. The predicted octanol–water partition coefficient (Wildman–Crippen LogP) is -1.09. The zero-order valence-electron chi connectivity index (χ0n) is 3.83. The predicted molar refractivity (Wildman–Crippen MR) is 20.8 cm³/mol. The molecule has 4 N–H and O–H groups in total. The minimum atomic E-state index is -3.77. The molecule has 1 unspecified atom stereocenters. The highest BCUT2D eigenvalue weighted by Crippen LogP contribution is 2.38. The second-order valence-corrected chi connectivity index (χ2v) is 2.34. The fraction of sp³-hybridized carbons (Fsp3) is 1.00. The van der Waals surface area contributed by atoms with Gasteiger partial charge in [0.2, 0.25) is 0 Å². The molecule has 6 heteroatoms. The molecular weight excluding hydrogens is 121 g/mol. The van der Waals surface area contributed by atoms with Gasteiger partial charge in [0.05, 0.1) is 0 Å². The Morgan fingerprint density at radius 3 is 2.29 bits per heavy atom. The van der Waals surface area contributed by atoms with E-state index in [-0.39, 0.29) is 0 Å². The van der Waals surface area contributed by atoms with Gasteiger partial charge in [-0.1, -0.05) is 4.62 Å². The smallest absolute Gasteiger partial charge is 0.300 e. The van der Waals surface area contributed by atoms with Crippen molar-refractivity contribution in [1.29, 1.82) is 0 Å². The molecule has 0 spiro atoms. The first-order chi connectivity index (χ1) is 3.12. The van der Waals surface area contributed by atoms with Gasteiger partial charge in [-0.2, -0.15) is 0 Å². The first kappa shape index (κ1) is 7.07. The van der Waals surface area contributed by atoms with Gasteiger partial charge in [0, 0.05) is 7.11 Å². The van der Waals surface area contributed by atoms with Crippen LogP contribution in [0.4, 0.5) is 0 Å². The summed E-state index contributed by atoms with van der Waals surface area (Å²) in [7, 11) is -2.70. The Morgan fingerprint density at radius 1 is 1.86 bits per heavy atom. The third kappa shape index (κ3) is 2.73. The maximum Gasteiger partial charge on any atom is 0.517 e. The van der Waals surface area contributed by atoms with Gasteiger partial charge >= 0.3 is 7.82 Å². The van der Waals surface area contributed by atoms with Crippen molar-refractivity contribution < 1.29 is 24.5 Å². The third-order valence-corrected chi connectivity index (χ3v) is 1.18. The Balaban J connectivity index is 3.61. The van der Waals surface area contributed by atoms with Crippen LogP contribution in [0.15, 0.2) is 0 Å². The van der Waals surface area contributed by atoms with Crippen LogP contribution in [-0.4, -0.2) is 12.0 Å². The number of hydrogen-bond donors (Lipinski definition) is 2. The lowest BCUT2D eigenvalue weighted by atomic mass is 11.8. The molecule has 0 amide bonds. The van der Waals surface area contributed by atoms with Crippen LogP contribution in [-0.2, 0) is 13.7 Å². The number of phosphoric acid groups is 1. The van der Waals surface area contributed by atoms with Crippen LogP contribution in [0, 0.1) is 0 Å². The van der Waals surface area contributed by atoms with Crippen LogP contribution in [0.25, 0.3) is 0 Å². The van der Waals surface area contributed by atoms with Crippen molar-refractivity contribution in [3.63, 3.8) is 0 Å². The molecule has 0 aliphatic rings. The van der Waals surface area contributed by atoms with E-state index in [4.69, 9.17) is 4.89 Å². The fourth-order valence-corrected chi connectivity index (χ4v) is 0.158. The topological polar surface area (TPSA) is 83.4 Å². The monoisotopic (exact) mass is 128 g/mol. The van der Waals surface area contributed by atoms with E-state index in [9.17, 15) is 4.57 Å². The molecule has 1 atom stereocenters. The molecular formula is CH7NO4P+. The van der Waals surface area contributed by atoms with Gasteiger partial charge in [-0.15, -0.1) is 0 Å². The van der Waals surface area contributed by atoms with Gasteiger partial charge in [0.15, 0.2) is 0 Å². The molecule has 0 bridgehead atoms. The average Bonchev–Trinajstić information content (AvgIpc) is 1.68. The summed E-state index contributed by atoms with van der Waals surface area (Å²) in [6.07, 6.45) is 0. The van der Waals surface area contributed by atoms with E-state index in [2.05, 4.69) is 15.0 Å². The summed E-state index contributed by atoms with van der Waals surface area (Å²) in [4.78, 5) is 8.18. The molecule has 44 valence electrons. The number of phosphoric ester groups is 1. The zero-order chi connectivity index (χ0) is 5.91. The number of rotatable bonds is 2.